The number of rotatable bonds is 2. The number of aliphatic carboxylic acids is 1. The van der Waals surface area contributed by atoms with Crippen molar-refractivity contribution in [3.05, 3.63) is 24.2 Å². The van der Waals surface area contributed by atoms with Gasteiger partial charge >= 0.3 is 5.97 Å². The third-order valence-electron chi connectivity index (χ3n) is 2.56. The Balaban J connectivity index is 2.17. The highest BCUT2D eigenvalue weighted by molar-refractivity contribution is 5.96. The van der Waals surface area contributed by atoms with E-state index in [0.29, 0.717) is 18.7 Å². The van der Waals surface area contributed by atoms with E-state index in [1.807, 2.05) is 0 Å². The molecule has 1 atom stereocenters. The number of amides is 1. The Morgan fingerprint density at radius 3 is 3.00 bits per heavy atom. The molecule has 1 fully saturated rings. The standard InChI is InChI=1S/C10H12N2O4/c13-9(7-1-4-16-6-7)12-3-2-11-5-8(12)10(14)15/h1,4,6,8,11H,2-3,5H2,(H,14,15). The summed E-state index contributed by atoms with van der Waals surface area (Å²) in [6.45, 7) is 1.27. The van der Waals surface area contributed by atoms with Gasteiger partial charge in [-0.3, -0.25) is 4.79 Å². The second-order valence-electron chi connectivity index (χ2n) is 3.57. The van der Waals surface area contributed by atoms with Crippen LogP contribution in [0.15, 0.2) is 23.0 Å². The molecule has 6 heteroatoms. The Hall–Kier alpha value is -1.82. The van der Waals surface area contributed by atoms with Crippen LogP contribution in [0.3, 0.4) is 0 Å². The van der Waals surface area contributed by atoms with Crippen molar-refractivity contribution in [1.82, 2.24) is 10.2 Å². The van der Waals surface area contributed by atoms with E-state index in [1.54, 1.807) is 0 Å². The highest BCUT2D eigenvalue weighted by atomic mass is 16.4. The zero-order chi connectivity index (χ0) is 11.5. The van der Waals surface area contributed by atoms with Crippen LogP contribution in [-0.4, -0.2) is 47.6 Å². The number of hydrogen-bond acceptors (Lipinski definition) is 4. The highest BCUT2D eigenvalue weighted by Gasteiger charge is 2.32. The summed E-state index contributed by atoms with van der Waals surface area (Å²) >= 11 is 0. The van der Waals surface area contributed by atoms with Crippen molar-refractivity contribution < 1.29 is 19.1 Å². The van der Waals surface area contributed by atoms with Crippen molar-refractivity contribution in [2.24, 2.45) is 0 Å². The van der Waals surface area contributed by atoms with Gasteiger partial charge in [0.05, 0.1) is 11.8 Å². The average molecular weight is 224 g/mol. The van der Waals surface area contributed by atoms with E-state index in [1.165, 1.54) is 23.5 Å². The Kier molecular flexibility index (Phi) is 2.91. The summed E-state index contributed by atoms with van der Waals surface area (Å²) in [6.07, 6.45) is 2.72. The fourth-order valence-corrected chi connectivity index (χ4v) is 1.72. The summed E-state index contributed by atoms with van der Waals surface area (Å²) in [7, 11) is 0. The summed E-state index contributed by atoms with van der Waals surface area (Å²) < 4.78 is 4.81. The summed E-state index contributed by atoms with van der Waals surface area (Å²) in [5, 5.41) is 11.9. The van der Waals surface area contributed by atoms with Crippen molar-refractivity contribution in [3.63, 3.8) is 0 Å². The summed E-state index contributed by atoms with van der Waals surface area (Å²) in [5.41, 5.74) is 0.383. The van der Waals surface area contributed by atoms with Crippen LogP contribution in [0.25, 0.3) is 0 Å². The van der Waals surface area contributed by atoms with Crippen LogP contribution in [0.5, 0.6) is 0 Å². The molecule has 0 spiro atoms. The van der Waals surface area contributed by atoms with Crippen molar-refractivity contribution in [2.75, 3.05) is 19.6 Å². The van der Waals surface area contributed by atoms with E-state index in [0.717, 1.165) is 0 Å². The molecule has 86 valence electrons. The smallest absolute Gasteiger partial charge is 0.327 e. The zero-order valence-corrected chi connectivity index (χ0v) is 8.55. The fraction of sp³-hybridized carbons (Fsp3) is 0.400. The van der Waals surface area contributed by atoms with E-state index >= 15 is 0 Å². The van der Waals surface area contributed by atoms with E-state index in [4.69, 9.17) is 9.52 Å². The maximum Gasteiger partial charge on any atom is 0.327 e. The first-order valence-corrected chi connectivity index (χ1v) is 4.97. The van der Waals surface area contributed by atoms with Gasteiger partial charge in [-0.1, -0.05) is 0 Å². The van der Waals surface area contributed by atoms with Crippen molar-refractivity contribution in [2.45, 2.75) is 6.04 Å². The molecule has 1 aliphatic heterocycles. The van der Waals surface area contributed by atoms with E-state index in [-0.39, 0.29) is 12.5 Å². The number of hydrogen-bond donors (Lipinski definition) is 2. The predicted molar refractivity (Wildman–Crippen MR) is 54.0 cm³/mol. The van der Waals surface area contributed by atoms with Crippen LogP contribution in [0.2, 0.25) is 0 Å². The van der Waals surface area contributed by atoms with E-state index < -0.39 is 12.0 Å². The lowest BCUT2D eigenvalue weighted by Crippen LogP contribution is -2.56. The SMILES string of the molecule is O=C(O)C1CNCCN1C(=O)c1ccoc1. The number of carbonyl (C=O) groups is 2. The zero-order valence-electron chi connectivity index (χ0n) is 8.55. The van der Waals surface area contributed by atoms with Crippen LogP contribution < -0.4 is 5.32 Å². The lowest BCUT2D eigenvalue weighted by molar-refractivity contribution is -0.142. The summed E-state index contributed by atoms with van der Waals surface area (Å²) in [5.74, 6) is -1.30. The monoisotopic (exact) mass is 224 g/mol. The van der Waals surface area contributed by atoms with Crippen LogP contribution in [0, 0.1) is 0 Å². The number of nitrogens with zero attached hydrogens (tertiary/aromatic N) is 1. The average Bonchev–Trinajstić information content (AvgIpc) is 2.81. The Labute approximate surface area is 91.8 Å². The molecule has 1 aromatic rings. The topological polar surface area (TPSA) is 82.8 Å². The number of nitrogens with one attached hydrogen (secondary N) is 1. The number of furan rings is 1. The van der Waals surface area contributed by atoms with Gasteiger partial charge in [-0.25, -0.2) is 4.79 Å². The number of piperazine rings is 1. The minimum Gasteiger partial charge on any atom is -0.480 e. The lowest BCUT2D eigenvalue weighted by atomic mass is 10.1. The van der Waals surface area contributed by atoms with Gasteiger partial charge < -0.3 is 19.7 Å². The minimum absolute atomic E-state index is 0.277. The van der Waals surface area contributed by atoms with E-state index in [9.17, 15) is 9.59 Å². The van der Waals surface area contributed by atoms with Crippen LogP contribution in [-0.2, 0) is 4.79 Å². The number of carboxylic acids is 1. The van der Waals surface area contributed by atoms with Gasteiger partial charge in [-0.15, -0.1) is 0 Å². The molecule has 2 heterocycles. The predicted octanol–water partition coefficient (Wildman–Crippen LogP) is -0.222. The molecule has 1 unspecified atom stereocenters. The third-order valence-corrected chi connectivity index (χ3v) is 2.56. The first kappa shape index (κ1) is 10.7. The van der Waals surface area contributed by atoms with Crippen LogP contribution >= 0.6 is 0 Å². The Bertz CT molecular complexity index is 388. The van der Waals surface area contributed by atoms with Gasteiger partial charge in [-0.2, -0.15) is 0 Å². The second kappa shape index (κ2) is 4.36. The Morgan fingerprint density at radius 2 is 2.38 bits per heavy atom. The molecule has 0 aromatic carbocycles. The van der Waals surface area contributed by atoms with Crippen molar-refractivity contribution >= 4 is 11.9 Å². The molecule has 1 amide bonds. The highest BCUT2D eigenvalue weighted by Crippen LogP contribution is 2.11. The fourth-order valence-electron chi connectivity index (χ4n) is 1.72. The van der Waals surface area contributed by atoms with Gasteiger partial charge in [0.25, 0.3) is 5.91 Å². The van der Waals surface area contributed by atoms with Crippen molar-refractivity contribution in [3.8, 4) is 0 Å². The molecule has 0 saturated carbocycles. The molecule has 6 nitrogen and oxygen atoms in total. The third kappa shape index (κ3) is 1.92. The largest absolute Gasteiger partial charge is 0.480 e. The molecule has 16 heavy (non-hydrogen) atoms. The van der Waals surface area contributed by atoms with Crippen LogP contribution in [0.1, 0.15) is 10.4 Å². The quantitative estimate of drug-likeness (QED) is 0.725. The first-order chi connectivity index (χ1) is 7.70. The molecular weight excluding hydrogens is 212 g/mol. The molecule has 0 radical (unpaired) electrons. The second-order valence-corrected chi connectivity index (χ2v) is 3.57. The van der Waals surface area contributed by atoms with Gasteiger partial charge in [-0.05, 0) is 6.07 Å². The van der Waals surface area contributed by atoms with Gasteiger partial charge in [0.2, 0.25) is 0 Å². The van der Waals surface area contributed by atoms with Crippen LogP contribution in [0.4, 0.5) is 0 Å². The molecule has 1 aliphatic rings. The Morgan fingerprint density at radius 1 is 1.56 bits per heavy atom. The number of carboxylic acid groups (broad SMARTS) is 1. The molecule has 0 bridgehead atoms. The first-order valence-electron chi connectivity index (χ1n) is 4.97. The molecule has 0 aliphatic carbocycles. The molecule has 1 saturated heterocycles. The molecule has 2 N–H and O–H groups in total. The van der Waals surface area contributed by atoms with Gasteiger partial charge in [0, 0.05) is 19.6 Å². The lowest BCUT2D eigenvalue weighted by Gasteiger charge is -2.33. The minimum atomic E-state index is -0.996. The molecular formula is C10H12N2O4. The summed E-state index contributed by atoms with van der Waals surface area (Å²) in [6, 6.07) is 0.722. The molecule has 1 aromatic heterocycles. The normalized spacial score (nSPS) is 20.8. The van der Waals surface area contributed by atoms with Gasteiger partial charge in [0.1, 0.15) is 12.3 Å². The maximum absolute atomic E-state index is 12.0. The van der Waals surface area contributed by atoms with E-state index in [2.05, 4.69) is 5.32 Å². The maximum atomic E-state index is 12.0. The van der Waals surface area contributed by atoms with Gasteiger partial charge in [0.15, 0.2) is 0 Å². The number of carbonyl (C=O) groups excluding carboxylic acids is 1. The molecule has 2 rings (SSSR count). The van der Waals surface area contributed by atoms with Crippen molar-refractivity contribution in [1.29, 1.82) is 0 Å². The summed E-state index contributed by atoms with van der Waals surface area (Å²) in [4.78, 5) is 24.3.